The minimum Gasteiger partial charge on any atom is -0.465 e. The van der Waals surface area contributed by atoms with E-state index < -0.39 is 0 Å². The summed E-state index contributed by atoms with van der Waals surface area (Å²) in [6.07, 6.45) is 4.81. The van der Waals surface area contributed by atoms with Crippen LogP contribution in [0.25, 0.3) is 0 Å². The Morgan fingerprint density at radius 1 is 1.19 bits per heavy atom. The van der Waals surface area contributed by atoms with Crippen molar-refractivity contribution in [3.05, 3.63) is 35.9 Å². The van der Waals surface area contributed by atoms with Gasteiger partial charge in [0.05, 0.1) is 6.61 Å². The van der Waals surface area contributed by atoms with Gasteiger partial charge >= 0.3 is 5.97 Å². The molecule has 1 aromatic carbocycles. The van der Waals surface area contributed by atoms with Gasteiger partial charge in [0.1, 0.15) is 6.04 Å². The quantitative estimate of drug-likeness (QED) is 0.660. The highest BCUT2D eigenvalue weighted by Gasteiger charge is 2.22. The summed E-state index contributed by atoms with van der Waals surface area (Å²) in [6.45, 7) is 7.54. The van der Waals surface area contributed by atoms with Crippen molar-refractivity contribution in [1.82, 2.24) is 5.32 Å². The molecule has 118 valence electrons. The van der Waals surface area contributed by atoms with Crippen molar-refractivity contribution in [2.75, 3.05) is 13.2 Å². The number of hydrogen-bond acceptors (Lipinski definition) is 3. The third-order valence-electron chi connectivity index (χ3n) is 3.81. The Morgan fingerprint density at radius 3 is 2.48 bits per heavy atom. The van der Waals surface area contributed by atoms with Gasteiger partial charge in [-0.1, -0.05) is 63.4 Å². The lowest BCUT2D eigenvalue weighted by Crippen LogP contribution is -2.33. The highest BCUT2D eigenvalue weighted by molar-refractivity contribution is 5.77. The fraction of sp³-hybridized carbons (Fsp3) is 0.611. The Hall–Kier alpha value is -1.35. The summed E-state index contributed by atoms with van der Waals surface area (Å²) in [5.41, 5.74) is 0.973. The van der Waals surface area contributed by atoms with E-state index in [1.54, 1.807) is 0 Å². The maximum Gasteiger partial charge on any atom is 0.327 e. The first-order valence-electron chi connectivity index (χ1n) is 8.17. The number of carbonyl (C=O) groups is 1. The third-order valence-corrected chi connectivity index (χ3v) is 3.81. The lowest BCUT2D eigenvalue weighted by atomic mass is 9.98. The summed E-state index contributed by atoms with van der Waals surface area (Å²) in [6, 6.07) is 9.46. The zero-order valence-electron chi connectivity index (χ0n) is 13.6. The molecule has 0 radical (unpaired) electrons. The molecule has 3 nitrogen and oxygen atoms in total. The topological polar surface area (TPSA) is 38.3 Å². The fourth-order valence-electron chi connectivity index (χ4n) is 2.44. The van der Waals surface area contributed by atoms with Gasteiger partial charge in [-0.15, -0.1) is 0 Å². The van der Waals surface area contributed by atoms with Crippen LogP contribution in [0.15, 0.2) is 30.3 Å². The Bertz CT molecular complexity index is 391. The van der Waals surface area contributed by atoms with E-state index in [0.29, 0.717) is 12.5 Å². The standard InChI is InChI=1S/C18H29NO2/c1-4-7-11-15(5-2)14-19-17(18(20)21-6-3)16-12-9-8-10-13-16/h8-10,12-13,15,17,19H,4-7,11,14H2,1-3H3. The number of ether oxygens (including phenoxy) is 1. The van der Waals surface area contributed by atoms with E-state index in [-0.39, 0.29) is 12.0 Å². The van der Waals surface area contributed by atoms with Crippen molar-refractivity contribution in [2.45, 2.75) is 52.5 Å². The van der Waals surface area contributed by atoms with Gasteiger partial charge in [-0.3, -0.25) is 0 Å². The summed E-state index contributed by atoms with van der Waals surface area (Å²) < 4.78 is 5.20. The van der Waals surface area contributed by atoms with E-state index in [2.05, 4.69) is 19.2 Å². The van der Waals surface area contributed by atoms with Crippen LogP contribution in [0.1, 0.15) is 58.1 Å². The van der Waals surface area contributed by atoms with Gasteiger partial charge in [0.2, 0.25) is 0 Å². The average molecular weight is 291 g/mol. The molecule has 0 aliphatic carbocycles. The number of unbranched alkanes of at least 4 members (excludes halogenated alkanes) is 1. The van der Waals surface area contributed by atoms with Crippen molar-refractivity contribution in [3.63, 3.8) is 0 Å². The smallest absolute Gasteiger partial charge is 0.327 e. The van der Waals surface area contributed by atoms with Crippen molar-refractivity contribution in [2.24, 2.45) is 5.92 Å². The third kappa shape index (κ3) is 6.30. The van der Waals surface area contributed by atoms with Gasteiger partial charge in [0, 0.05) is 0 Å². The van der Waals surface area contributed by atoms with Crippen LogP contribution in [0.4, 0.5) is 0 Å². The minimum atomic E-state index is -0.359. The zero-order valence-corrected chi connectivity index (χ0v) is 13.6. The van der Waals surface area contributed by atoms with Crippen LogP contribution in [0.5, 0.6) is 0 Å². The second-order valence-electron chi connectivity index (χ2n) is 5.42. The van der Waals surface area contributed by atoms with Crippen LogP contribution >= 0.6 is 0 Å². The molecule has 0 aliphatic rings. The molecule has 21 heavy (non-hydrogen) atoms. The highest BCUT2D eigenvalue weighted by Crippen LogP contribution is 2.17. The number of nitrogens with one attached hydrogen (secondary N) is 1. The zero-order chi connectivity index (χ0) is 15.5. The molecule has 1 aromatic rings. The monoisotopic (exact) mass is 291 g/mol. The van der Waals surface area contributed by atoms with Crippen LogP contribution < -0.4 is 5.32 Å². The molecule has 0 amide bonds. The summed E-state index contributed by atoms with van der Waals surface area (Å²) in [5.74, 6) is 0.430. The average Bonchev–Trinajstić information content (AvgIpc) is 2.52. The number of hydrogen-bond donors (Lipinski definition) is 1. The molecule has 0 aliphatic heterocycles. The predicted octanol–water partition coefficient (Wildman–Crippen LogP) is 4.10. The van der Waals surface area contributed by atoms with Gasteiger partial charge in [-0.25, -0.2) is 4.79 Å². The van der Waals surface area contributed by atoms with Crippen LogP contribution in [0.2, 0.25) is 0 Å². The Balaban J connectivity index is 2.67. The number of rotatable bonds is 10. The predicted molar refractivity (Wildman–Crippen MR) is 87.1 cm³/mol. The van der Waals surface area contributed by atoms with Gasteiger partial charge < -0.3 is 10.1 Å². The van der Waals surface area contributed by atoms with E-state index in [1.165, 1.54) is 19.3 Å². The molecule has 2 unspecified atom stereocenters. The van der Waals surface area contributed by atoms with E-state index in [1.807, 2.05) is 37.3 Å². The SMILES string of the molecule is CCCCC(CC)CNC(C(=O)OCC)c1ccccc1. The fourth-order valence-corrected chi connectivity index (χ4v) is 2.44. The molecule has 0 saturated heterocycles. The van der Waals surface area contributed by atoms with Gasteiger partial charge in [-0.2, -0.15) is 0 Å². The molecule has 1 rings (SSSR count). The lowest BCUT2D eigenvalue weighted by Gasteiger charge is -2.21. The van der Waals surface area contributed by atoms with Gasteiger partial charge in [-0.05, 0) is 31.4 Å². The van der Waals surface area contributed by atoms with E-state index in [9.17, 15) is 4.79 Å². The highest BCUT2D eigenvalue weighted by atomic mass is 16.5. The molecule has 3 heteroatoms. The largest absolute Gasteiger partial charge is 0.465 e. The molecular weight excluding hydrogens is 262 g/mol. The minimum absolute atomic E-state index is 0.186. The number of benzene rings is 1. The first-order chi connectivity index (χ1) is 10.2. The maximum absolute atomic E-state index is 12.2. The van der Waals surface area contributed by atoms with E-state index in [4.69, 9.17) is 4.74 Å². The summed E-state index contributed by atoms with van der Waals surface area (Å²) >= 11 is 0. The van der Waals surface area contributed by atoms with Crippen molar-refractivity contribution < 1.29 is 9.53 Å². The number of esters is 1. The number of carbonyl (C=O) groups excluding carboxylic acids is 1. The summed E-state index contributed by atoms with van der Waals surface area (Å²) in [7, 11) is 0. The summed E-state index contributed by atoms with van der Waals surface area (Å²) in [5, 5.41) is 3.41. The maximum atomic E-state index is 12.2. The first-order valence-corrected chi connectivity index (χ1v) is 8.17. The molecule has 0 heterocycles. The Morgan fingerprint density at radius 2 is 1.90 bits per heavy atom. The van der Waals surface area contributed by atoms with Crippen LogP contribution in [0.3, 0.4) is 0 Å². The van der Waals surface area contributed by atoms with Gasteiger partial charge in [0.15, 0.2) is 0 Å². The van der Waals surface area contributed by atoms with Crippen molar-refractivity contribution in [3.8, 4) is 0 Å². The van der Waals surface area contributed by atoms with Crippen LogP contribution in [-0.4, -0.2) is 19.1 Å². The first kappa shape index (κ1) is 17.7. The molecule has 0 fully saturated rings. The van der Waals surface area contributed by atoms with E-state index in [0.717, 1.165) is 18.5 Å². The van der Waals surface area contributed by atoms with Gasteiger partial charge in [0.25, 0.3) is 0 Å². The lowest BCUT2D eigenvalue weighted by molar-refractivity contribution is -0.145. The molecule has 2 atom stereocenters. The van der Waals surface area contributed by atoms with Crippen molar-refractivity contribution in [1.29, 1.82) is 0 Å². The molecule has 1 N–H and O–H groups in total. The molecule has 0 saturated carbocycles. The van der Waals surface area contributed by atoms with Crippen LogP contribution in [-0.2, 0) is 9.53 Å². The molecule has 0 bridgehead atoms. The molecule has 0 spiro atoms. The Kier molecular flexibility index (Phi) is 8.76. The van der Waals surface area contributed by atoms with Crippen molar-refractivity contribution >= 4 is 5.97 Å². The van der Waals surface area contributed by atoms with Crippen LogP contribution in [0, 0.1) is 5.92 Å². The molecular formula is C18H29NO2. The normalized spacial score (nSPS) is 13.7. The Labute approximate surface area is 129 Å². The molecule has 0 aromatic heterocycles. The van der Waals surface area contributed by atoms with E-state index >= 15 is 0 Å². The summed E-state index contributed by atoms with van der Waals surface area (Å²) in [4.78, 5) is 12.2. The second kappa shape index (κ2) is 10.4. The second-order valence-corrected chi connectivity index (χ2v) is 5.42.